The molecule has 0 spiro atoms. The fourth-order valence-corrected chi connectivity index (χ4v) is 2.54. The average Bonchev–Trinajstić information content (AvgIpc) is 2.47. The van der Waals surface area contributed by atoms with Gasteiger partial charge in [0.2, 0.25) is 0 Å². The molecule has 0 aliphatic heterocycles. The second-order valence-electron chi connectivity index (χ2n) is 3.79. The lowest BCUT2D eigenvalue weighted by molar-refractivity contribution is -0.387. The van der Waals surface area contributed by atoms with Gasteiger partial charge in [-0.1, -0.05) is 12.1 Å². The van der Waals surface area contributed by atoms with Gasteiger partial charge in [0.1, 0.15) is 0 Å². The number of nitrogens with one attached hydrogen (secondary N) is 2. The molecule has 2 aromatic rings. The van der Waals surface area contributed by atoms with Crippen LogP contribution in [0.25, 0.3) is 0 Å². The molecule has 2 N–H and O–H groups in total. The van der Waals surface area contributed by atoms with Crippen LogP contribution in [0.2, 0.25) is 0 Å². The number of hydrogen-bond donors (Lipinski definition) is 2. The van der Waals surface area contributed by atoms with Crippen LogP contribution in [-0.2, 0) is 10.0 Å². The Kier molecular flexibility index (Phi) is 4.22. The van der Waals surface area contributed by atoms with Crippen LogP contribution in [0, 0.1) is 10.1 Å². The van der Waals surface area contributed by atoms with Gasteiger partial charge < -0.3 is 0 Å². The number of carbonyl (C=O) groups is 1. The molecule has 0 atom stereocenters. The van der Waals surface area contributed by atoms with Gasteiger partial charge in [-0.2, -0.15) is 0 Å². The largest absolute Gasteiger partial charge is 0.334 e. The number of amides is 2. The van der Waals surface area contributed by atoms with Crippen molar-refractivity contribution < 1.29 is 18.1 Å². The van der Waals surface area contributed by atoms with Crippen LogP contribution in [0.15, 0.2) is 41.4 Å². The SMILES string of the molecule is O=C(Nc1ccnnn1)NS(=O)(=O)c1ccccc1[N+](=O)[O-]. The quantitative estimate of drug-likeness (QED) is 0.600. The number of hydrogen-bond acceptors (Lipinski definition) is 8. The number of nitro benzene ring substituents is 1. The Balaban J connectivity index is 2.21. The van der Waals surface area contributed by atoms with Gasteiger partial charge in [-0.15, -0.1) is 10.2 Å². The zero-order valence-corrected chi connectivity index (χ0v) is 11.5. The molecule has 2 rings (SSSR count). The molecule has 114 valence electrons. The Morgan fingerprint density at radius 1 is 1.23 bits per heavy atom. The van der Waals surface area contributed by atoms with E-state index >= 15 is 0 Å². The van der Waals surface area contributed by atoms with Gasteiger partial charge in [0.15, 0.2) is 10.7 Å². The van der Waals surface area contributed by atoms with E-state index in [9.17, 15) is 23.3 Å². The number of rotatable bonds is 4. The van der Waals surface area contributed by atoms with Gasteiger partial charge >= 0.3 is 6.03 Å². The molecule has 12 heteroatoms. The van der Waals surface area contributed by atoms with Crippen molar-refractivity contribution in [2.75, 3.05) is 5.32 Å². The molecule has 0 bridgehead atoms. The Morgan fingerprint density at radius 2 is 1.95 bits per heavy atom. The van der Waals surface area contributed by atoms with Crippen LogP contribution < -0.4 is 10.0 Å². The maximum atomic E-state index is 12.0. The maximum absolute atomic E-state index is 12.0. The minimum absolute atomic E-state index is 0.0368. The third kappa shape index (κ3) is 3.49. The number of carbonyl (C=O) groups excluding carboxylic acids is 1. The van der Waals surface area contributed by atoms with Crippen LogP contribution in [0.3, 0.4) is 0 Å². The Labute approximate surface area is 123 Å². The van der Waals surface area contributed by atoms with Crippen molar-refractivity contribution in [3.8, 4) is 0 Å². The number of urea groups is 1. The summed E-state index contributed by atoms with van der Waals surface area (Å²) in [6, 6.07) is 4.78. The molecule has 11 nitrogen and oxygen atoms in total. The van der Waals surface area contributed by atoms with Crippen molar-refractivity contribution >= 4 is 27.6 Å². The van der Waals surface area contributed by atoms with Crippen LogP contribution in [0.1, 0.15) is 0 Å². The lowest BCUT2D eigenvalue weighted by Crippen LogP contribution is -2.35. The summed E-state index contributed by atoms with van der Waals surface area (Å²) in [5.74, 6) is -0.0368. The smallest absolute Gasteiger partial charge is 0.290 e. The number of benzene rings is 1. The standard InChI is InChI=1S/C10H8N6O5S/c17-10(12-9-5-6-11-15-13-9)14-22(20,21)8-4-2-1-3-7(8)16(18)19/h1-6H,(H2,11,12,13,14,17). The van der Waals surface area contributed by atoms with Crippen molar-refractivity contribution in [3.05, 3.63) is 46.6 Å². The molecular formula is C10H8N6O5S. The summed E-state index contributed by atoms with van der Waals surface area (Å²) in [5, 5.41) is 23.0. The van der Waals surface area contributed by atoms with Crippen molar-refractivity contribution in [1.82, 2.24) is 20.1 Å². The minimum Gasteiger partial charge on any atom is -0.290 e. The lowest BCUT2D eigenvalue weighted by Gasteiger charge is -2.07. The summed E-state index contributed by atoms with van der Waals surface area (Å²) in [4.78, 5) is 21.0. The summed E-state index contributed by atoms with van der Waals surface area (Å²) >= 11 is 0. The first kappa shape index (κ1) is 15.2. The monoisotopic (exact) mass is 324 g/mol. The van der Waals surface area contributed by atoms with Gasteiger partial charge in [0.05, 0.1) is 11.1 Å². The second kappa shape index (κ2) is 6.09. The summed E-state index contributed by atoms with van der Waals surface area (Å²) in [6.45, 7) is 0. The Hall–Kier alpha value is -3.15. The first-order valence-electron chi connectivity index (χ1n) is 5.62. The third-order valence-electron chi connectivity index (χ3n) is 2.32. The van der Waals surface area contributed by atoms with E-state index in [1.807, 2.05) is 0 Å². The summed E-state index contributed by atoms with van der Waals surface area (Å²) in [7, 11) is -4.42. The first-order chi connectivity index (χ1) is 10.4. The third-order valence-corrected chi connectivity index (χ3v) is 3.70. The molecule has 2 amide bonds. The molecule has 0 saturated heterocycles. The van der Waals surface area contributed by atoms with E-state index in [4.69, 9.17) is 0 Å². The number of nitro groups is 1. The van der Waals surface area contributed by atoms with Crippen molar-refractivity contribution in [3.63, 3.8) is 0 Å². The van der Waals surface area contributed by atoms with E-state index in [-0.39, 0.29) is 5.82 Å². The van der Waals surface area contributed by atoms with E-state index in [0.717, 1.165) is 12.1 Å². The van der Waals surface area contributed by atoms with E-state index in [0.29, 0.717) is 0 Å². The number of aromatic nitrogens is 3. The second-order valence-corrected chi connectivity index (χ2v) is 5.44. The minimum atomic E-state index is -4.42. The highest BCUT2D eigenvalue weighted by Crippen LogP contribution is 2.22. The molecule has 0 fully saturated rings. The number of anilines is 1. The number of sulfonamides is 1. The molecule has 0 aliphatic rings. The lowest BCUT2D eigenvalue weighted by atomic mass is 10.3. The zero-order chi connectivity index (χ0) is 16.2. The first-order valence-corrected chi connectivity index (χ1v) is 7.10. The zero-order valence-electron chi connectivity index (χ0n) is 10.7. The van der Waals surface area contributed by atoms with Gasteiger partial charge in [0, 0.05) is 12.1 Å². The van der Waals surface area contributed by atoms with E-state index < -0.39 is 31.6 Å². The van der Waals surface area contributed by atoms with Gasteiger partial charge in [-0.25, -0.2) is 17.9 Å². The molecule has 1 aromatic heterocycles. The highest BCUT2D eigenvalue weighted by Gasteiger charge is 2.26. The normalized spacial score (nSPS) is 10.7. The fourth-order valence-electron chi connectivity index (χ4n) is 1.46. The fraction of sp³-hybridized carbons (Fsp3) is 0. The number of nitrogens with zero attached hydrogens (tertiary/aromatic N) is 4. The molecule has 1 aromatic carbocycles. The molecule has 0 saturated carbocycles. The van der Waals surface area contributed by atoms with E-state index in [1.54, 1.807) is 4.72 Å². The Morgan fingerprint density at radius 3 is 2.59 bits per heavy atom. The summed E-state index contributed by atoms with van der Waals surface area (Å²) < 4.78 is 25.7. The van der Waals surface area contributed by atoms with E-state index in [2.05, 4.69) is 20.7 Å². The van der Waals surface area contributed by atoms with E-state index in [1.165, 1.54) is 24.4 Å². The van der Waals surface area contributed by atoms with Crippen molar-refractivity contribution in [2.24, 2.45) is 0 Å². The van der Waals surface area contributed by atoms with Gasteiger partial charge in [-0.3, -0.25) is 15.4 Å². The summed E-state index contributed by atoms with van der Waals surface area (Å²) in [6.07, 6.45) is 1.24. The van der Waals surface area contributed by atoms with Crippen LogP contribution >= 0.6 is 0 Å². The van der Waals surface area contributed by atoms with Gasteiger partial charge in [0.25, 0.3) is 15.7 Å². The average molecular weight is 324 g/mol. The molecule has 0 aliphatic carbocycles. The maximum Gasteiger partial charge on any atom is 0.334 e. The van der Waals surface area contributed by atoms with Crippen LogP contribution in [0.4, 0.5) is 16.3 Å². The van der Waals surface area contributed by atoms with Crippen LogP contribution in [-0.4, -0.2) is 34.8 Å². The summed E-state index contributed by atoms with van der Waals surface area (Å²) in [5.41, 5.74) is -0.647. The van der Waals surface area contributed by atoms with Crippen molar-refractivity contribution in [2.45, 2.75) is 4.90 Å². The Bertz CT molecular complexity index is 810. The topological polar surface area (TPSA) is 157 Å². The highest BCUT2D eigenvalue weighted by atomic mass is 32.2. The molecule has 0 unspecified atom stereocenters. The highest BCUT2D eigenvalue weighted by molar-refractivity contribution is 7.90. The molecule has 1 heterocycles. The van der Waals surface area contributed by atoms with Gasteiger partial charge in [-0.05, 0) is 11.3 Å². The molecular weight excluding hydrogens is 316 g/mol. The molecule has 0 radical (unpaired) electrons. The predicted molar refractivity (Wildman–Crippen MR) is 72.3 cm³/mol. The number of para-hydroxylation sites is 1. The predicted octanol–water partition coefficient (Wildman–Crippen LogP) is 0.290. The van der Waals surface area contributed by atoms with Crippen molar-refractivity contribution in [1.29, 1.82) is 0 Å². The van der Waals surface area contributed by atoms with Crippen LogP contribution in [0.5, 0.6) is 0 Å². The molecule has 22 heavy (non-hydrogen) atoms.